The molecule has 24 heavy (non-hydrogen) atoms. The third-order valence-electron chi connectivity index (χ3n) is 3.16. The number of hydrogen-bond donors (Lipinski definition) is 2. The molecular weight excluding hydrogens is 351 g/mol. The average Bonchev–Trinajstić information content (AvgIpc) is 2.55. The summed E-state index contributed by atoms with van der Waals surface area (Å²) in [6.45, 7) is 2.19. The molecule has 2 rings (SSSR count). The van der Waals surface area contributed by atoms with E-state index >= 15 is 0 Å². The molecule has 0 spiro atoms. The molecule has 2 N–H and O–H groups in total. The van der Waals surface area contributed by atoms with Crippen molar-refractivity contribution in [3.8, 4) is 0 Å². The number of carbonyl (C=O) groups excluding carboxylic acids is 2. The molecule has 2 amide bonds. The Morgan fingerprint density at radius 1 is 1.08 bits per heavy atom. The molecule has 0 radical (unpaired) electrons. The maximum atomic E-state index is 11.9. The number of rotatable bonds is 4. The molecule has 2 aromatic rings. The zero-order valence-electron chi connectivity index (χ0n) is 12.9. The molecule has 0 fully saturated rings. The summed E-state index contributed by atoms with van der Waals surface area (Å²) in [7, 11) is 0. The third-order valence-corrected chi connectivity index (χ3v) is 3.72. The first-order valence-electron chi connectivity index (χ1n) is 7.19. The Bertz CT molecular complexity index is 750. The average molecular weight is 367 g/mol. The molecule has 5 nitrogen and oxygen atoms in total. The molecule has 7 heteroatoms. The van der Waals surface area contributed by atoms with E-state index in [2.05, 4.69) is 10.9 Å². The van der Waals surface area contributed by atoms with Crippen LogP contribution in [0.1, 0.15) is 21.5 Å². The van der Waals surface area contributed by atoms with Gasteiger partial charge in [-0.1, -0.05) is 53.0 Å². The molecule has 126 valence electrons. The highest BCUT2D eigenvalue weighted by atomic mass is 35.5. The van der Waals surface area contributed by atoms with Gasteiger partial charge in [0.05, 0.1) is 17.2 Å². The predicted octanol–water partition coefficient (Wildman–Crippen LogP) is 3.92. The van der Waals surface area contributed by atoms with Crippen molar-refractivity contribution in [1.29, 1.82) is 0 Å². The Morgan fingerprint density at radius 3 is 2.62 bits per heavy atom. The lowest BCUT2D eigenvalue weighted by Crippen LogP contribution is -2.42. The van der Waals surface area contributed by atoms with Gasteiger partial charge in [-0.25, -0.2) is 10.2 Å². The van der Waals surface area contributed by atoms with E-state index in [4.69, 9.17) is 27.9 Å². The predicted molar refractivity (Wildman–Crippen MR) is 93.3 cm³/mol. The van der Waals surface area contributed by atoms with Crippen LogP contribution in [0.3, 0.4) is 0 Å². The lowest BCUT2D eigenvalue weighted by Gasteiger charge is -2.09. The maximum absolute atomic E-state index is 11.9. The van der Waals surface area contributed by atoms with Crippen molar-refractivity contribution >= 4 is 35.2 Å². The SMILES string of the molecule is Cc1cccc(CCOC(=O)NNC(=O)c2cc(Cl)ccc2Cl)c1. The van der Waals surface area contributed by atoms with E-state index in [-0.39, 0.29) is 17.2 Å². The van der Waals surface area contributed by atoms with Crippen LogP contribution in [0.5, 0.6) is 0 Å². The van der Waals surface area contributed by atoms with E-state index in [1.54, 1.807) is 6.07 Å². The van der Waals surface area contributed by atoms with Crippen molar-refractivity contribution in [3.63, 3.8) is 0 Å². The smallest absolute Gasteiger partial charge is 0.426 e. The maximum Gasteiger partial charge on any atom is 0.426 e. The standard InChI is InChI=1S/C17H16Cl2N2O3/c1-11-3-2-4-12(9-11)7-8-24-17(23)21-20-16(22)14-10-13(18)5-6-15(14)19/h2-6,9-10H,7-8H2,1H3,(H,20,22)(H,21,23). The summed E-state index contributed by atoms with van der Waals surface area (Å²) >= 11 is 11.7. The van der Waals surface area contributed by atoms with Gasteiger partial charge in [0.25, 0.3) is 5.91 Å². The first-order chi connectivity index (χ1) is 11.5. The Hall–Kier alpha value is -2.24. The molecule has 0 saturated carbocycles. The largest absolute Gasteiger partial charge is 0.448 e. The number of ether oxygens (including phenoxy) is 1. The number of halogens is 2. The first-order valence-corrected chi connectivity index (χ1v) is 7.95. The molecule has 0 unspecified atom stereocenters. The highest BCUT2D eigenvalue weighted by molar-refractivity contribution is 6.35. The van der Waals surface area contributed by atoms with Crippen molar-refractivity contribution in [2.45, 2.75) is 13.3 Å². The number of nitrogens with one attached hydrogen (secondary N) is 2. The normalized spacial score (nSPS) is 10.1. The monoisotopic (exact) mass is 366 g/mol. The molecule has 0 saturated heterocycles. The minimum atomic E-state index is -0.755. The van der Waals surface area contributed by atoms with Crippen LogP contribution in [0.15, 0.2) is 42.5 Å². The Morgan fingerprint density at radius 2 is 1.88 bits per heavy atom. The lowest BCUT2D eigenvalue weighted by atomic mass is 10.1. The number of hydrazine groups is 1. The first kappa shape index (κ1) is 18.1. The van der Waals surface area contributed by atoms with Gasteiger partial charge in [-0.2, -0.15) is 0 Å². The number of benzene rings is 2. The van der Waals surface area contributed by atoms with Gasteiger partial charge < -0.3 is 4.74 Å². The van der Waals surface area contributed by atoms with Gasteiger partial charge in [-0.05, 0) is 30.7 Å². The second-order valence-corrected chi connectivity index (χ2v) is 5.92. The van der Waals surface area contributed by atoms with Crippen LogP contribution < -0.4 is 10.9 Å². The van der Waals surface area contributed by atoms with Crippen LogP contribution >= 0.6 is 23.2 Å². The van der Waals surface area contributed by atoms with Crippen LogP contribution in [0.2, 0.25) is 10.0 Å². The molecule has 0 bridgehead atoms. The fourth-order valence-corrected chi connectivity index (χ4v) is 2.39. The van der Waals surface area contributed by atoms with Crippen LogP contribution in [-0.2, 0) is 11.2 Å². The zero-order chi connectivity index (χ0) is 17.5. The highest BCUT2D eigenvalue weighted by Gasteiger charge is 2.12. The zero-order valence-corrected chi connectivity index (χ0v) is 14.4. The van der Waals surface area contributed by atoms with Gasteiger partial charge in [-0.3, -0.25) is 10.2 Å². The lowest BCUT2D eigenvalue weighted by molar-refractivity contribution is 0.0910. The van der Waals surface area contributed by atoms with Gasteiger partial charge in [-0.15, -0.1) is 0 Å². The second-order valence-electron chi connectivity index (χ2n) is 5.08. The minimum absolute atomic E-state index is 0.157. The second kappa shape index (κ2) is 8.57. The van der Waals surface area contributed by atoms with Gasteiger partial charge in [0.1, 0.15) is 0 Å². The third kappa shape index (κ3) is 5.44. The summed E-state index contributed by atoms with van der Waals surface area (Å²) in [4.78, 5) is 23.5. The molecule has 0 aliphatic rings. The summed E-state index contributed by atoms with van der Waals surface area (Å²) in [5, 5.41) is 0.594. The number of amides is 2. The molecular formula is C17H16Cl2N2O3. The van der Waals surface area contributed by atoms with Crippen LogP contribution in [0, 0.1) is 6.92 Å². The minimum Gasteiger partial charge on any atom is -0.448 e. The summed E-state index contributed by atoms with van der Waals surface area (Å²) in [5.41, 5.74) is 6.75. The van der Waals surface area contributed by atoms with Gasteiger partial charge in [0.15, 0.2) is 0 Å². The fourth-order valence-electron chi connectivity index (χ4n) is 2.01. The Balaban J connectivity index is 1.76. The molecule has 0 aromatic heterocycles. The quantitative estimate of drug-likeness (QED) is 0.805. The number of aryl methyl sites for hydroxylation is 1. The van der Waals surface area contributed by atoms with E-state index in [9.17, 15) is 9.59 Å². The molecule has 0 heterocycles. The van der Waals surface area contributed by atoms with Crippen molar-refractivity contribution in [2.24, 2.45) is 0 Å². The number of hydrogen-bond acceptors (Lipinski definition) is 3. The van der Waals surface area contributed by atoms with E-state index in [1.807, 2.05) is 31.2 Å². The molecule has 0 atom stereocenters. The van der Waals surface area contributed by atoms with Crippen molar-refractivity contribution in [3.05, 3.63) is 69.2 Å². The van der Waals surface area contributed by atoms with Crippen LogP contribution in [-0.4, -0.2) is 18.6 Å². The summed E-state index contributed by atoms with van der Waals surface area (Å²) < 4.78 is 5.00. The van der Waals surface area contributed by atoms with Crippen LogP contribution in [0.25, 0.3) is 0 Å². The molecule has 2 aromatic carbocycles. The van der Waals surface area contributed by atoms with Crippen molar-refractivity contribution < 1.29 is 14.3 Å². The number of carbonyl (C=O) groups is 2. The van der Waals surface area contributed by atoms with Gasteiger partial charge in [0.2, 0.25) is 0 Å². The summed E-state index contributed by atoms with van der Waals surface area (Å²) in [5.74, 6) is -0.585. The molecule has 0 aliphatic heterocycles. The van der Waals surface area contributed by atoms with E-state index in [1.165, 1.54) is 12.1 Å². The van der Waals surface area contributed by atoms with Crippen molar-refractivity contribution in [2.75, 3.05) is 6.61 Å². The van der Waals surface area contributed by atoms with E-state index in [0.717, 1.165) is 11.1 Å². The van der Waals surface area contributed by atoms with E-state index < -0.39 is 12.0 Å². The summed E-state index contributed by atoms with van der Waals surface area (Å²) in [6.07, 6.45) is -0.169. The topological polar surface area (TPSA) is 67.4 Å². The van der Waals surface area contributed by atoms with E-state index in [0.29, 0.717) is 11.4 Å². The Kier molecular flexibility index (Phi) is 6.46. The van der Waals surface area contributed by atoms with Gasteiger partial charge in [0, 0.05) is 11.4 Å². The van der Waals surface area contributed by atoms with Crippen molar-refractivity contribution in [1.82, 2.24) is 10.9 Å². The highest BCUT2D eigenvalue weighted by Crippen LogP contribution is 2.20. The Labute approximate surface area is 149 Å². The van der Waals surface area contributed by atoms with Crippen LogP contribution in [0.4, 0.5) is 4.79 Å². The summed E-state index contributed by atoms with van der Waals surface area (Å²) in [6, 6.07) is 12.4. The van der Waals surface area contributed by atoms with Gasteiger partial charge >= 0.3 is 6.09 Å². The fraction of sp³-hybridized carbons (Fsp3) is 0.176. The molecule has 0 aliphatic carbocycles.